The monoisotopic (exact) mass is 293 g/mol. The van der Waals surface area contributed by atoms with Crippen LogP contribution in [0.15, 0.2) is 0 Å². The molecule has 0 aromatic carbocycles. The van der Waals surface area contributed by atoms with Gasteiger partial charge in [-0.3, -0.25) is 0 Å². The molecule has 0 aromatic heterocycles. The van der Waals surface area contributed by atoms with Gasteiger partial charge in [-0.15, -0.1) is 0 Å². The van der Waals surface area contributed by atoms with Crippen molar-refractivity contribution in [3.8, 4) is 0 Å². The molecule has 0 spiro atoms. The maximum atomic E-state index is 3.78. The Labute approximate surface area is 78.2 Å². The van der Waals surface area contributed by atoms with E-state index >= 15 is 0 Å². The van der Waals surface area contributed by atoms with Gasteiger partial charge >= 0.3 is 0 Å². The second kappa shape index (κ2) is 11.6. The Morgan fingerprint density at radius 2 is 1.56 bits per heavy atom. The fraction of sp³-hybridized carbons (Fsp3) is 0.875. The summed E-state index contributed by atoms with van der Waals surface area (Å²) in [7, 11) is 0. The number of rotatable bonds is 5. The summed E-state index contributed by atoms with van der Waals surface area (Å²) in [5, 5.41) is 0. The van der Waals surface area contributed by atoms with Crippen molar-refractivity contribution in [2.24, 2.45) is 0 Å². The third kappa shape index (κ3) is 12.1. The van der Waals surface area contributed by atoms with E-state index in [1.807, 2.05) is 0 Å². The van der Waals surface area contributed by atoms with Gasteiger partial charge in [0.1, 0.15) is 0 Å². The Hall–Kier alpha value is 0.870. The Morgan fingerprint density at radius 1 is 1.00 bits per heavy atom. The molecule has 1 heteroatoms. The van der Waals surface area contributed by atoms with E-state index in [9.17, 15) is 0 Å². The van der Waals surface area contributed by atoms with Crippen LogP contribution in [-0.2, 0) is 25.8 Å². The first-order chi connectivity index (χ1) is 3.91. The van der Waals surface area contributed by atoms with Crippen LogP contribution in [0.3, 0.4) is 0 Å². The van der Waals surface area contributed by atoms with Gasteiger partial charge in [0.15, 0.2) is 0 Å². The maximum absolute atomic E-state index is 3.78. The van der Waals surface area contributed by atoms with E-state index in [1.54, 1.807) is 0 Å². The average molecular weight is 292 g/mol. The van der Waals surface area contributed by atoms with Crippen LogP contribution in [0, 0.1) is 6.92 Å². The van der Waals surface area contributed by atoms with E-state index in [0.29, 0.717) is 0 Å². The van der Waals surface area contributed by atoms with Crippen molar-refractivity contribution in [1.82, 2.24) is 0 Å². The molecule has 0 bridgehead atoms. The molecule has 53 valence electrons. The first kappa shape index (κ1) is 12.5. The molecule has 0 nitrogen and oxygen atoms in total. The zero-order valence-corrected chi connectivity index (χ0v) is 10.0. The van der Waals surface area contributed by atoms with Crippen LogP contribution in [0.1, 0.15) is 45.4 Å². The number of unbranched alkanes of at least 4 members (excludes halogenated alkanes) is 5. The second-order valence-corrected chi connectivity index (χ2v) is 2.27. The summed E-state index contributed by atoms with van der Waals surface area (Å²) in [5.41, 5.74) is 0. The van der Waals surface area contributed by atoms with E-state index < -0.39 is 0 Å². The smallest absolute Gasteiger partial charge is 0 e. The predicted octanol–water partition coefficient (Wildman–Crippen LogP) is 3.18. The van der Waals surface area contributed by atoms with Gasteiger partial charge in [-0.05, 0) is 0 Å². The molecule has 1 radical (unpaired) electrons. The Morgan fingerprint density at radius 3 is 2.00 bits per heavy atom. The molecule has 0 aliphatic carbocycles. The van der Waals surface area contributed by atoms with Crippen LogP contribution in [-0.4, -0.2) is 0 Å². The third-order valence-electron chi connectivity index (χ3n) is 1.35. The molecule has 9 heavy (non-hydrogen) atoms. The van der Waals surface area contributed by atoms with Crippen molar-refractivity contribution in [2.45, 2.75) is 45.4 Å². The average Bonchev–Trinajstić information content (AvgIpc) is 1.81. The minimum absolute atomic E-state index is 0. The summed E-state index contributed by atoms with van der Waals surface area (Å²) in [4.78, 5) is 0. The third-order valence-corrected chi connectivity index (χ3v) is 1.35. The van der Waals surface area contributed by atoms with Crippen LogP contribution >= 0.6 is 0 Å². The molecule has 0 aliphatic rings. The molecule has 0 saturated heterocycles. The fourth-order valence-electron chi connectivity index (χ4n) is 0.780. The molecule has 0 heterocycles. The summed E-state index contributed by atoms with van der Waals surface area (Å²) in [6, 6.07) is 0. The normalized spacial score (nSPS) is 8.67. The molecule has 0 N–H and O–H groups in total. The van der Waals surface area contributed by atoms with E-state index in [4.69, 9.17) is 0 Å². The molecule has 0 rings (SSSR count). The Balaban J connectivity index is 0. The summed E-state index contributed by atoms with van der Waals surface area (Å²) >= 11 is 0. The van der Waals surface area contributed by atoms with Crippen LogP contribution < -0.4 is 0 Å². The number of hydrogen-bond donors (Lipinski definition) is 0. The van der Waals surface area contributed by atoms with Gasteiger partial charge < -0.3 is 0 Å². The molecule has 0 saturated carbocycles. The SMILES string of the molecule is [CH2]CCCCCCC.[Hf]. The van der Waals surface area contributed by atoms with Gasteiger partial charge in [0.25, 0.3) is 0 Å². The maximum Gasteiger partial charge on any atom is 0 e. The molecule has 0 aliphatic heterocycles. The first-order valence-electron chi connectivity index (χ1n) is 3.71. The topological polar surface area (TPSA) is 0 Å². The van der Waals surface area contributed by atoms with Gasteiger partial charge in [0.2, 0.25) is 0 Å². The summed E-state index contributed by atoms with van der Waals surface area (Å²) in [5.74, 6) is 0. The van der Waals surface area contributed by atoms with Crippen LogP contribution in [0.25, 0.3) is 0 Å². The van der Waals surface area contributed by atoms with Crippen molar-refractivity contribution in [2.75, 3.05) is 0 Å². The van der Waals surface area contributed by atoms with Gasteiger partial charge in [0, 0.05) is 25.8 Å². The minimum atomic E-state index is 0. The molecular weight excluding hydrogens is 275 g/mol. The predicted molar refractivity (Wildman–Crippen MR) is 38.7 cm³/mol. The van der Waals surface area contributed by atoms with E-state index in [2.05, 4.69) is 13.8 Å². The van der Waals surface area contributed by atoms with Gasteiger partial charge in [0.05, 0.1) is 0 Å². The van der Waals surface area contributed by atoms with Crippen LogP contribution in [0.5, 0.6) is 0 Å². The van der Waals surface area contributed by atoms with Crippen molar-refractivity contribution in [3.63, 3.8) is 0 Å². The van der Waals surface area contributed by atoms with Crippen LogP contribution in [0.4, 0.5) is 0 Å². The number of hydrogen-bond acceptors (Lipinski definition) is 0. The summed E-state index contributed by atoms with van der Waals surface area (Å²) in [6.07, 6.45) is 7.98. The van der Waals surface area contributed by atoms with Gasteiger partial charge in [-0.25, -0.2) is 0 Å². The van der Waals surface area contributed by atoms with E-state index in [-0.39, 0.29) is 25.8 Å². The van der Waals surface area contributed by atoms with Crippen LogP contribution in [0.2, 0.25) is 0 Å². The van der Waals surface area contributed by atoms with Crippen molar-refractivity contribution in [1.29, 1.82) is 0 Å². The van der Waals surface area contributed by atoms with E-state index in [0.717, 1.165) is 6.42 Å². The summed E-state index contributed by atoms with van der Waals surface area (Å²) < 4.78 is 0. The largest absolute Gasteiger partial charge is 0.0654 e. The van der Waals surface area contributed by atoms with Crippen molar-refractivity contribution < 1.29 is 25.8 Å². The fourth-order valence-corrected chi connectivity index (χ4v) is 0.780. The van der Waals surface area contributed by atoms with Gasteiger partial charge in [-0.2, -0.15) is 0 Å². The quantitative estimate of drug-likeness (QED) is 0.539. The molecular formula is C8H17Hf. The summed E-state index contributed by atoms with van der Waals surface area (Å²) in [6.45, 7) is 6.02. The zero-order valence-electron chi connectivity index (χ0n) is 6.45. The van der Waals surface area contributed by atoms with Crippen molar-refractivity contribution >= 4 is 0 Å². The molecule has 0 aromatic rings. The Bertz CT molecular complexity index is 29.5. The zero-order chi connectivity index (χ0) is 6.24. The molecule has 0 atom stereocenters. The standard InChI is InChI=1S/C8H17.Hf/c1-3-5-7-8-6-4-2;/h1,3-8H2,2H3;. The molecule has 0 fully saturated rings. The Kier molecular flexibility index (Phi) is 16.2. The van der Waals surface area contributed by atoms with E-state index in [1.165, 1.54) is 32.1 Å². The van der Waals surface area contributed by atoms with Crippen molar-refractivity contribution in [3.05, 3.63) is 6.92 Å². The second-order valence-electron chi connectivity index (χ2n) is 2.27. The first-order valence-corrected chi connectivity index (χ1v) is 3.71. The minimum Gasteiger partial charge on any atom is -0.0654 e. The molecule has 0 unspecified atom stereocenters. The van der Waals surface area contributed by atoms with Gasteiger partial charge in [-0.1, -0.05) is 52.4 Å². The molecule has 0 amide bonds.